The van der Waals surface area contributed by atoms with E-state index < -0.39 is 17.4 Å². The standard InChI is InChI=1S/C13H13NO4/c1-3-18-13(17)10-8-6-4-5-7-9(8)11(15)14(2)12(10)16/h4-7,16H,3H2,1-2H3/p-1. The van der Waals surface area contributed by atoms with E-state index in [4.69, 9.17) is 4.74 Å². The van der Waals surface area contributed by atoms with Gasteiger partial charge in [-0.05, 0) is 18.9 Å². The third-order valence-corrected chi connectivity index (χ3v) is 2.73. The molecule has 0 aliphatic heterocycles. The molecule has 2 aromatic rings. The van der Waals surface area contributed by atoms with Crippen molar-refractivity contribution in [1.82, 2.24) is 4.57 Å². The van der Waals surface area contributed by atoms with Crippen LogP contribution in [0.2, 0.25) is 0 Å². The van der Waals surface area contributed by atoms with Crippen molar-refractivity contribution in [3.8, 4) is 5.88 Å². The zero-order valence-corrected chi connectivity index (χ0v) is 10.1. The second kappa shape index (κ2) is 4.52. The molecule has 0 N–H and O–H groups in total. The Morgan fingerprint density at radius 2 is 1.94 bits per heavy atom. The van der Waals surface area contributed by atoms with Gasteiger partial charge in [0, 0.05) is 17.8 Å². The molecule has 5 heteroatoms. The SMILES string of the molecule is CCOC(=O)c1c([O-])n(C)c(=O)c2ccccc12. The zero-order chi connectivity index (χ0) is 13.3. The van der Waals surface area contributed by atoms with Gasteiger partial charge in [0.1, 0.15) is 0 Å². The van der Waals surface area contributed by atoms with Crippen molar-refractivity contribution < 1.29 is 14.6 Å². The first-order valence-electron chi connectivity index (χ1n) is 5.53. The number of hydrogen-bond acceptors (Lipinski definition) is 4. The van der Waals surface area contributed by atoms with Crippen LogP contribution >= 0.6 is 0 Å². The topological polar surface area (TPSA) is 71.4 Å². The van der Waals surface area contributed by atoms with Gasteiger partial charge in [0.25, 0.3) is 5.56 Å². The number of carbonyl (C=O) groups excluding carboxylic acids is 1. The van der Waals surface area contributed by atoms with Crippen molar-refractivity contribution in [3.63, 3.8) is 0 Å². The Balaban J connectivity index is 2.87. The fourth-order valence-corrected chi connectivity index (χ4v) is 1.84. The molecule has 0 aliphatic carbocycles. The number of hydrogen-bond donors (Lipinski definition) is 0. The minimum atomic E-state index is -0.700. The molecular formula is C13H12NO4-. The smallest absolute Gasteiger partial charge is 0.339 e. The molecule has 0 amide bonds. The summed E-state index contributed by atoms with van der Waals surface area (Å²) >= 11 is 0. The summed E-state index contributed by atoms with van der Waals surface area (Å²) < 4.78 is 5.78. The maximum absolute atomic E-state index is 12.0. The van der Waals surface area contributed by atoms with Gasteiger partial charge in [-0.3, -0.25) is 4.79 Å². The molecule has 5 nitrogen and oxygen atoms in total. The van der Waals surface area contributed by atoms with Crippen LogP contribution in [0.3, 0.4) is 0 Å². The largest absolute Gasteiger partial charge is 0.859 e. The van der Waals surface area contributed by atoms with Gasteiger partial charge in [-0.1, -0.05) is 18.2 Å². The highest BCUT2D eigenvalue weighted by atomic mass is 16.5. The first-order chi connectivity index (χ1) is 8.57. The zero-order valence-electron chi connectivity index (χ0n) is 10.1. The lowest BCUT2D eigenvalue weighted by Crippen LogP contribution is -2.24. The minimum absolute atomic E-state index is 0.0884. The van der Waals surface area contributed by atoms with Crippen LogP contribution in [0.25, 0.3) is 10.8 Å². The number of aromatic nitrogens is 1. The number of rotatable bonds is 2. The number of pyridine rings is 1. The number of ether oxygens (including phenoxy) is 1. The van der Waals surface area contributed by atoms with E-state index in [1.807, 2.05) is 0 Å². The van der Waals surface area contributed by atoms with Gasteiger partial charge < -0.3 is 14.4 Å². The van der Waals surface area contributed by atoms with Crippen molar-refractivity contribution in [2.24, 2.45) is 7.05 Å². The van der Waals surface area contributed by atoms with Crippen LogP contribution in [0, 0.1) is 0 Å². The van der Waals surface area contributed by atoms with Gasteiger partial charge in [-0.25, -0.2) is 4.79 Å². The molecule has 1 heterocycles. The molecule has 0 saturated heterocycles. The molecule has 0 atom stereocenters. The van der Waals surface area contributed by atoms with E-state index in [2.05, 4.69) is 0 Å². The molecular weight excluding hydrogens is 234 g/mol. The Labute approximate surface area is 103 Å². The second-order valence-electron chi connectivity index (χ2n) is 3.81. The van der Waals surface area contributed by atoms with E-state index in [-0.39, 0.29) is 12.2 Å². The van der Waals surface area contributed by atoms with Crippen molar-refractivity contribution in [2.75, 3.05) is 6.61 Å². The summed E-state index contributed by atoms with van der Waals surface area (Å²) in [4.78, 5) is 23.7. The molecule has 0 unspecified atom stereocenters. The summed E-state index contributed by atoms with van der Waals surface area (Å²) in [6, 6.07) is 6.51. The summed E-state index contributed by atoms with van der Waals surface area (Å²) in [5.74, 6) is -1.33. The number of esters is 1. The Hall–Kier alpha value is -2.30. The highest BCUT2D eigenvalue weighted by molar-refractivity contribution is 6.06. The summed E-state index contributed by atoms with van der Waals surface area (Å²) in [5.41, 5.74) is -0.502. The maximum Gasteiger partial charge on any atom is 0.339 e. The fraction of sp³-hybridized carbons (Fsp3) is 0.231. The van der Waals surface area contributed by atoms with Gasteiger partial charge in [0.2, 0.25) is 0 Å². The lowest BCUT2D eigenvalue weighted by atomic mass is 10.1. The van der Waals surface area contributed by atoms with E-state index in [1.165, 1.54) is 7.05 Å². The van der Waals surface area contributed by atoms with Crippen LogP contribution in [0.5, 0.6) is 5.88 Å². The Morgan fingerprint density at radius 1 is 1.33 bits per heavy atom. The third-order valence-electron chi connectivity index (χ3n) is 2.73. The summed E-state index contributed by atoms with van der Waals surface area (Å²) in [7, 11) is 1.35. The quantitative estimate of drug-likeness (QED) is 0.734. The summed E-state index contributed by atoms with van der Waals surface area (Å²) in [6.07, 6.45) is 0. The fourth-order valence-electron chi connectivity index (χ4n) is 1.84. The van der Waals surface area contributed by atoms with Crippen LogP contribution in [-0.4, -0.2) is 17.1 Å². The van der Waals surface area contributed by atoms with Gasteiger partial charge in [-0.15, -0.1) is 0 Å². The first kappa shape index (κ1) is 12.2. The lowest BCUT2D eigenvalue weighted by molar-refractivity contribution is -0.279. The van der Waals surface area contributed by atoms with Crippen molar-refractivity contribution in [3.05, 3.63) is 40.2 Å². The number of carbonyl (C=O) groups is 1. The normalized spacial score (nSPS) is 10.6. The van der Waals surface area contributed by atoms with E-state index in [9.17, 15) is 14.7 Å². The third kappa shape index (κ3) is 1.73. The highest BCUT2D eigenvalue weighted by Gasteiger charge is 2.16. The predicted octanol–water partition coefficient (Wildman–Crippen LogP) is 0.789. The van der Waals surface area contributed by atoms with Gasteiger partial charge in [-0.2, -0.15) is 0 Å². The van der Waals surface area contributed by atoms with Crippen molar-refractivity contribution in [1.29, 1.82) is 0 Å². The lowest BCUT2D eigenvalue weighted by Gasteiger charge is -2.19. The number of fused-ring (bicyclic) bond motifs is 1. The monoisotopic (exact) mass is 246 g/mol. The van der Waals surface area contributed by atoms with Crippen molar-refractivity contribution in [2.45, 2.75) is 6.92 Å². The molecule has 0 aliphatic rings. The molecule has 94 valence electrons. The Kier molecular flexibility index (Phi) is 3.06. The van der Waals surface area contributed by atoms with Crippen LogP contribution in [0.1, 0.15) is 17.3 Å². The van der Waals surface area contributed by atoms with Crippen LogP contribution in [-0.2, 0) is 11.8 Å². The van der Waals surface area contributed by atoms with Crippen LogP contribution < -0.4 is 10.7 Å². The predicted molar refractivity (Wildman–Crippen MR) is 64.6 cm³/mol. The molecule has 0 fully saturated rings. The van der Waals surface area contributed by atoms with Crippen LogP contribution in [0.15, 0.2) is 29.1 Å². The van der Waals surface area contributed by atoms with E-state index >= 15 is 0 Å². The molecule has 2 rings (SSSR count). The molecule has 0 saturated carbocycles. The van der Waals surface area contributed by atoms with Gasteiger partial charge >= 0.3 is 5.97 Å². The summed E-state index contributed by atoms with van der Waals surface area (Å²) in [5, 5.41) is 12.7. The average molecular weight is 246 g/mol. The maximum atomic E-state index is 12.0. The minimum Gasteiger partial charge on any atom is -0.859 e. The number of benzene rings is 1. The molecule has 1 aromatic heterocycles. The second-order valence-corrected chi connectivity index (χ2v) is 3.81. The Bertz CT molecular complexity index is 672. The molecule has 0 bridgehead atoms. The highest BCUT2D eigenvalue weighted by Crippen LogP contribution is 2.22. The summed E-state index contributed by atoms with van der Waals surface area (Å²) in [6.45, 7) is 1.84. The molecule has 1 aromatic carbocycles. The van der Waals surface area contributed by atoms with E-state index in [0.717, 1.165) is 4.57 Å². The van der Waals surface area contributed by atoms with Crippen LogP contribution in [0.4, 0.5) is 0 Å². The first-order valence-corrected chi connectivity index (χ1v) is 5.53. The Morgan fingerprint density at radius 3 is 2.56 bits per heavy atom. The van der Waals surface area contributed by atoms with Gasteiger partial charge in [0.05, 0.1) is 12.2 Å². The molecule has 0 radical (unpaired) electrons. The molecule has 0 spiro atoms. The van der Waals surface area contributed by atoms with E-state index in [1.54, 1.807) is 31.2 Å². The molecule has 18 heavy (non-hydrogen) atoms. The van der Waals surface area contributed by atoms with Gasteiger partial charge in [0.15, 0.2) is 0 Å². The average Bonchev–Trinajstić information content (AvgIpc) is 2.37. The number of nitrogens with zero attached hydrogens (tertiary/aromatic N) is 1. The van der Waals surface area contributed by atoms with E-state index in [0.29, 0.717) is 10.8 Å². The van der Waals surface area contributed by atoms with Crippen molar-refractivity contribution >= 4 is 16.7 Å².